The third-order valence-corrected chi connectivity index (χ3v) is 5.08. The summed E-state index contributed by atoms with van der Waals surface area (Å²) in [4.78, 5) is 0.307. The Hall–Kier alpha value is -0.910. The second kappa shape index (κ2) is 4.40. The van der Waals surface area contributed by atoms with Gasteiger partial charge in [-0.3, -0.25) is 0 Å². The highest BCUT2D eigenvalue weighted by atomic mass is 79.9. The molecule has 5 heteroatoms. The van der Waals surface area contributed by atoms with Gasteiger partial charge < -0.3 is 0 Å². The number of hydrogen-bond donors (Lipinski definition) is 0. The van der Waals surface area contributed by atoms with Crippen molar-refractivity contribution in [3.63, 3.8) is 0 Å². The molecular weight excluding hydrogens is 302 g/mol. The van der Waals surface area contributed by atoms with Gasteiger partial charge in [-0.25, -0.2) is 12.7 Å². The van der Waals surface area contributed by atoms with Crippen LogP contribution in [0.4, 0.5) is 0 Å². The van der Waals surface area contributed by atoms with Crippen molar-refractivity contribution in [2.24, 2.45) is 0 Å². The standard InChI is InChI=1S/C12H12BrNO2S/c1-14(2)17(15,16)10-7-6-9-4-3-5-12(13)11(9)8-10/h3-8H,1-2H3. The molecular formula is C12H12BrNO2S. The van der Waals surface area contributed by atoms with Gasteiger partial charge in [0.25, 0.3) is 0 Å². The van der Waals surface area contributed by atoms with Crippen LogP contribution in [-0.4, -0.2) is 26.8 Å². The minimum atomic E-state index is -3.37. The summed E-state index contributed by atoms with van der Waals surface area (Å²) in [5.41, 5.74) is 0. The molecule has 0 spiro atoms. The molecule has 0 saturated carbocycles. The maximum Gasteiger partial charge on any atom is 0.242 e. The Morgan fingerprint density at radius 1 is 1.12 bits per heavy atom. The first-order valence-electron chi connectivity index (χ1n) is 5.04. The fourth-order valence-electron chi connectivity index (χ4n) is 1.58. The summed E-state index contributed by atoms with van der Waals surface area (Å²) in [6.45, 7) is 0. The van der Waals surface area contributed by atoms with Crippen molar-refractivity contribution in [2.45, 2.75) is 4.90 Å². The molecule has 0 unspecified atom stereocenters. The van der Waals surface area contributed by atoms with Gasteiger partial charge in [0.05, 0.1) is 4.90 Å². The van der Waals surface area contributed by atoms with Crippen molar-refractivity contribution in [3.8, 4) is 0 Å². The zero-order chi connectivity index (χ0) is 12.6. The van der Waals surface area contributed by atoms with E-state index in [0.717, 1.165) is 15.2 Å². The average Bonchev–Trinajstić information content (AvgIpc) is 2.29. The molecule has 17 heavy (non-hydrogen) atoms. The van der Waals surface area contributed by atoms with Crippen molar-refractivity contribution >= 4 is 36.7 Å². The van der Waals surface area contributed by atoms with E-state index in [1.54, 1.807) is 12.1 Å². The van der Waals surface area contributed by atoms with E-state index in [1.807, 2.05) is 24.3 Å². The first-order valence-corrected chi connectivity index (χ1v) is 7.27. The summed E-state index contributed by atoms with van der Waals surface area (Å²) in [7, 11) is -0.318. The van der Waals surface area contributed by atoms with Gasteiger partial charge in [-0.15, -0.1) is 0 Å². The smallest absolute Gasteiger partial charge is 0.207 e. The van der Waals surface area contributed by atoms with E-state index < -0.39 is 10.0 Å². The molecule has 0 aliphatic rings. The summed E-state index contributed by atoms with van der Waals surface area (Å²) in [6.07, 6.45) is 0. The number of rotatable bonds is 2. The lowest BCUT2D eigenvalue weighted by molar-refractivity contribution is 0.521. The van der Waals surface area contributed by atoms with Crippen LogP contribution in [0, 0.1) is 0 Å². The summed E-state index contributed by atoms with van der Waals surface area (Å²) in [5, 5.41) is 1.91. The molecule has 0 heterocycles. The van der Waals surface area contributed by atoms with E-state index in [0.29, 0.717) is 4.90 Å². The second-order valence-electron chi connectivity index (χ2n) is 3.91. The van der Waals surface area contributed by atoms with Crippen LogP contribution in [0.5, 0.6) is 0 Å². The Balaban J connectivity index is 2.71. The molecule has 3 nitrogen and oxygen atoms in total. The Bertz CT molecular complexity index is 665. The number of benzene rings is 2. The monoisotopic (exact) mass is 313 g/mol. The van der Waals surface area contributed by atoms with Crippen LogP contribution in [-0.2, 0) is 10.0 Å². The van der Waals surface area contributed by atoms with Crippen LogP contribution in [0.1, 0.15) is 0 Å². The molecule has 0 fully saturated rings. The molecule has 0 aromatic heterocycles. The van der Waals surface area contributed by atoms with Gasteiger partial charge in [0.1, 0.15) is 0 Å². The molecule has 2 aromatic carbocycles. The number of halogens is 1. The summed E-state index contributed by atoms with van der Waals surface area (Å²) in [6, 6.07) is 10.9. The van der Waals surface area contributed by atoms with Crippen LogP contribution in [0.3, 0.4) is 0 Å². The van der Waals surface area contributed by atoms with E-state index in [4.69, 9.17) is 0 Å². The minimum absolute atomic E-state index is 0.307. The van der Waals surface area contributed by atoms with Gasteiger partial charge in [-0.2, -0.15) is 0 Å². The first-order chi connectivity index (χ1) is 7.93. The molecule has 90 valence electrons. The molecule has 0 bridgehead atoms. The van der Waals surface area contributed by atoms with Gasteiger partial charge in [0.15, 0.2) is 0 Å². The Labute approximate surface area is 109 Å². The highest BCUT2D eigenvalue weighted by Crippen LogP contribution is 2.27. The molecule has 0 aliphatic carbocycles. The lowest BCUT2D eigenvalue weighted by Gasteiger charge is -2.12. The zero-order valence-corrected chi connectivity index (χ0v) is 11.9. The highest BCUT2D eigenvalue weighted by molar-refractivity contribution is 9.10. The van der Waals surface area contributed by atoms with Crippen LogP contribution in [0.15, 0.2) is 45.8 Å². The summed E-state index contributed by atoms with van der Waals surface area (Å²) >= 11 is 3.43. The van der Waals surface area contributed by atoms with E-state index in [9.17, 15) is 8.42 Å². The van der Waals surface area contributed by atoms with Gasteiger partial charge in [-0.1, -0.05) is 34.1 Å². The molecule has 2 aromatic rings. The van der Waals surface area contributed by atoms with E-state index in [2.05, 4.69) is 15.9 Å². The third kappa shape index (κ3) is 2.22. The number of sulfonamides is 1. The van der Waals surface area contributed by atoms with E-state index in [-0.39, 0.29) is 0 Å². The topological polar surface area (TPSA) is 37.4 Å². The molecule has 0 saturated heterocycles. The molecule has 0 radical (unpaired) electrons. The number of fused-ring (bicyclic) bond motifs is 1. The van der Waals surface area contributed by atoms with Gasteiger partial charge in [0, 0.05) is 18.6 Å². The quantitative estimate of drug-likeness (QED) is 0.855. The molecule has 0 N–H and O–H groups in total. The number of hydrogen-bond acceptors (Lipinski definition) is 2. The zero-order valence-electron chi connectivity index (χ0n) is 9.51. The van der Waals surface area contributed by atoms with Crippen molar-refractivity contribution in [1.29, 1.82) is 0 Å². The molecule has 0 atom stereocenters. The Kier molecular flexibility index (Phi) is 3.25. The Morgan fingerprint density at radius 2 is 1.82 bits per heavy atom. The minimum Gasteiger partial charge on any atom is -0.207 e. The SMILES string of the molecule is CN(C)S(=O)(=O)c1ccc2cccc(Br)c2c1. The summed E-state index contributed by atoms with van der Waals surface area (Å²) < 4.78 is 26.1. The van der Waals surface area contributed by atoms with Crippen LogP contribution >= 0.6 is 15.9 Å². The van der Waals surface area contributed by atoms with E-state index >= 15 is 0 Å². The maximum absolute atomic E-state index is 12.0. The maximum atomic E-state index is 12.0. The lowest BCUT2D eigenvalue weighted by atomic mass is 10.1. The average molecular weight is 314 g/mol. The van der Waals surface area contributed by atoms with Gasteiger partial charge >= 0.3 is 0 Å². The highest BCUT2D eigenvalue weighted by Gasteiger charge is 2.17. The van der Waals surface area contributed by atoms with Gasteiger partial charge in [-0.05, 0) is 29.0 Å². The Morgan fingerprint density at radius 3 is 2.47 bits per heavy atom. The molecule has 2 rings (SSSR count). The largest absolute Gasteiger partial charge is 0.242 e. The van der Waals surface area contributed by atoms with Crippen molar-refractivity contribution < 1.29 is 8.42 Å². The summed E-state index contributed by atoms with van der Waals surface area (Å²) in [5.74, 6) is 0. The fraction of sp³-hybridized carbons (Fsp3) is 0.167. The van der Waals surface area contributed by atoms with Gasteiger partial charge in [0.2, 0.25) is 10.0 Å². The third-order valence-electron chi connectivity index (χ3n) is 2.58. The number of nitrogens with zero attached hydrogens (tertiary/aromatic N) is 1. The lowest BCUT2D eigenvalue weighted by Crippen LogP contribution is -2.22. The molecule has 0 aliphatic heterocycles. The van der Waals surface area contributed by atoms with Crippen molar-refractivity contribution in [3.05, 3.63) is 40.9 Å². The predicted molar refractivity (Wildman–Crippen MR) is 72.5 cm³/mol. The van der Waals surface area contributed by atoms with Crippen LogP contribution in [0.2, 0.25) is 0 Å². The van der Waals surface area contributed by atoms with E-state index in [1.165, 1.54) is 18.4 Å². The van der Waals surface area contributed by atoms with Crippen LogP contribution < -0.4 is 0 Å². The predicted octanol–water partition coefficient (Wildman–Crippen LogP) is 2.85. The normalized spacial score (nSPS) is 12.2. The second-order valence-corrected chi connectivity index (χ2v) is 6.92. The molecule has 0 amide bonds. The van der Waals surface area contributed by atoms with Crippen molar-refractivity contribution in [2.75, 3.05) is 14.1 Å². The fourth-order valence-corrected chi connectivity index (χ4v) is 3.01. The first kappa shape index (κ1) is 12.5. The van der Waals surface area contributed by atoms with Crippen molar-refractivity contribution in [1.82, 2.24) is 4.31 Å². The van der Waals surface area contributed by atoms with Crippen LogP contribution in [0.25, 0.3) is 10.8 Å².